The highest BCUT2D eigenvalue weighted by Gasteiger charge is 2.09. The lowest BCUT2D eigenvalue weighted by molar-refractivity contribution is 0.322. The molecule has 1 aromatic carbocycles. The summed E-state index contributed by atoms with van der Waals surface area (Å²) in [5.41, 5.74) is 2.96. The molecule has 0 unspecified atom stereocenters. The largest absolute Gasteiger partial charge is 0.496 e. The topological polar surface area (TPSA) is 67.8 Å². The first-order chi connectivity index (χ1) is 12.7. The number of para-hydroxylation sites is 1. The molecule has 0 saturated carbocycles. The highest BCUT2D eigenvalue weighted by Crippen LogP contribution is 2.24. The fourth-order valence-electron chi connectivity index (χ4n) is 2.58. The number of pyridine rings is 1. The van der Waals surface area contributed by atoms with Crippen molar-refractivity contribution in [2.75, 3.05) is 26.8 Å². The number of benzene rings is 1. The van der Waals surface area contributed by atoms with Gasteiger partial charge in [-0.15, -0.1) is 0 Å². The van der Waals surface area contributed by atoms with Crippen molar-refractivity contribution in [1.82, 2.24) is 15.6 Å². The Labute approximate surface area is 155 Å². The standard InChI is InChI=1S/C20H28N4O2/c1-5-21-20(22-11-12-26-17-9-7-6-8-10-17)24-14-18-16(3)19(25-4)15(2)13-23-18/h6-10,13H,5,11-12,14H2,1-4H3,(H2,21,22,24). The van der Waals surface area contributed by atoms with Gasteiger partial charge in [-0.2, -0.15) is 0 Å². The third kappa shape index (κ3) is 5.65. The monoisotopic (exact) mass is 356 g/mol. The maximum atomic E-state index is 5.69. The number of methoxy groups -OCH3 is 1. The molecule has 1 aromatic heterocycles. The summed E-state index contributed by atoms with van der Waals surface area (Å²) in [5.74, 6) is 2.48. The molecule has 26 heavy (non-hydrogen) atoms. The normalized spacial score (nSPS) is 11.2. The third-order valence-electron chi connectivity index (χ3n) is 3.89. The maximum Gasteiger partial charge on any atom is 0.191 e. The number of guanidine groups is 1. The number of rotatable bonds is 8. The molecule has 0 saturated heterocycles. The second kappa shape index (κ2) is 10.3. The van der Waals surface area contributed by atoms with Gasteiger partial charge < -0.3 is 20.1 Å². The second-order valence-corrected chi connectivity index (χ2v) is 5.83. The molecule has 2 aromatic rings. The van der Waals surface area contributed by atoms with E-state index >= 15 is 0 Å². The first-order valence-corrected chi connectivity index (χ1v) is 8.84. The molecule has 0 bridgehead atoms. The average molecular weight is 356 g/mol. The van der Waals surface area contributed by atoms with E-state index in [1.807, 2.05) is 57.3 Å². The Morgan fingerprint density at radius 1 is 1.15 bits per heavy atom. The third-order valence-corrected chi connectivity index (χ3v) is 3.89. The first kappa shape index (κ1) is 19.6. The molecule has 2 rings (SSSR count). The van der Waals surface area contributed by atoms with Gasteiger partial charge in [0.1, 0.15) is 18.1 Å². The van der Waals surface area contributed by atoms with Gasteiger partial charge in [0, 0.05) is 23.9 Å². The van der Waals surface area contributed by atoms with Crippen molar-refractivity contribution < 1.29 is 9.47 Å². The number of nitrogens with zero attached hydrogens (tertiary/aromatic N) is 2. The van der Waals surface area contributed by atoms with E-state index in [4.69, 9.17) is 9.47 Å². The van der Waals surface area contributed by atoms with Crippen LogP contribution in [-0.2, 0) is 6.54 Å². The number of nitrogens with one attached hydrogen (secondary N) is 2. The van der Waals surface area contributed by atoms with E-state index in [0.717, 1.165) is 40.8 Å². The molecule has 0 spiro atoms. The van der Waals surface area contributed by atoms with E-state index in [-0.39, 0.29) is 0 Å². The van der Waals surface area contributed by atoms with Crippen LogP contribution in [0.15, 0.2) is 41.5 Å². The van der Waals surface area contributed by atoms with Crippen LogP contribution in [0.25, 0.3) is 0 Å². The van der Waals surface area contributed by atoms with Gasteiger partial charge in [-0.25, -0.2) is 4.99 Å². The molecule has 0 aliphatic rings. The molecule has 0 aliphatic carbocycles. The Morgan fingerprint density at radius 3 is 2.62 bits per heavy atom. The Balaban J connectivity index is 1.92. The smallest absolute Gasteiger partial charge is 0.191 e. The molecule has 6 heteroatoms. The van der Waals surface area contributed by atoms with Crippen LogP contribution in [0.1, 0.15) is 23.7 Å². The lowest BCUT2D eigenvalue weighted by atomic mass is 10.1. The first-order valence-electron chi connectivity index (χ1n) is 8.84. The van der Waals surface area contributed by atoms with E-state index in [0.29, 0.717) is 19.7 Å². The SMILES string of the molecule is CCNC(=NCc1ncc(C)c(OC)c1C)NCCOc1ccccc1. The molecule has 0 radical (unpaired) electrons. The van der Waals surface area contributed by atoms with Crippen molar-refractivity contribution in [2.24, 2.45) is 4.99 Å². The van der Waals surface area contributed by atoms with Crippen molar-refractivity contribution in [2.45, 2.75) is 27.3 Å². The quantitative estimate of drug-likeness (QED) is 0.432. The van der Waals surface area contributed by atoms with Gasteiger partial charge in [0.15, 0.2) is 5.96 Å². The maximum absolute atomic E-state index is 5.69. The van der Waals surface area contributed by atoms with Crippen LogP contribution in [0.3, 0.4) is 0 Å². The Bertz CT molecular complexity index is 717. The molecule has 6 nitrogen and oxygen atoms in total. The zero-order chi connectivity index (χ0) is 18.8. The summed E-state index contributed by atoms with van der Waals surface area (Å²) in [5, 5.41) is 6.51. The summed E-state index contributed by atoms with van der Waals surface area (Å²) < 4.78 is 11.1. The minimum Gasteiger partial charge on any atom is -0.496 e. The number of hydrogen-bond donors (Lipinski definition) is 2. The van der Waals surface area contributed by atoms with Crippen LogP contribution in [0, 0.1) is 13.8 Å². The Hall–Kier alpha value is -2.76. The predicted molar refractivity (Wildman–Crippen MR) is 105 cm³/mol. The van der Waals surface area contributed by atoms with E-state index in [9.17, 15) is 0 Å². The Kier molecular flexibility index (Phi) is 7.74. The van der Waals surface area contributed by atoms with Crippen molar-refractivity contribution in [3.63, 3.8) is 0 Å². The lowest BCUT2D eigenvalue weighted by Gasteiger charge is -2.13. The number of ether oxygens (including phenoxy) is 2. The van der Waals surface area contributed by atoms with E-state index < -0.39 is 0 Å². The zero-order valence-corrected chi connectivity index (χ0v) is 16.0. The van der Waals surface area contributed by atoms with Crippen LogP contribution in [0.2, 0.25) is 0 Å². The molecule has 0 amide bonds. The molecule has 0 atom stereocenters. The van der Waals surface area contributed by atoms with Gasteiger partial charge in [-0.3, -0.25) is 4.98 Å². The summed E-state index contributed by atoms with van der Waals surface area (Å²) in [6.07, 6.45) is 1.82. The van der Waals surface area contributed by atoms with Crippen LogP contribution in [0.5, 0.6) is 11.5 Å². The van der Waals surface area contributed by atoms with Crippen LogP contribution in [0.4, 0.5) is 0 Å². The lowest BCUT2D eigenvalue weighted by Crippen LogP contribution is -2.39. The van der Waals surface area contributed by atoms with Crippen molar-refractivity contribution in [1.29, 1.82) is 0 Å². The van der Waals surface area contributed by atoms with Gasteiger partial charge in [0.05, 0.1) is 25.9 Å². The van der Waals surface area contributed by atoms with Crippen LogP contribution < -0.4 is 20.1 Å². The number of aliphatic imine (C=N–C) groups is 1. The second-order valence-electron chi connectivity index (χ2n) is 5.83. The van der Waals surface area contributed by atoms with E-state index in [1.165, 1.54) is 0 Å². The fraction of sp³-hybridized carbons (Fsp3) is 0.400. The summed E-state index contributed by atoms with van der Waals surface area (Å²) >= 11 is 0. The summed E-state index contributed by atoms with van der Waals surface area (Å²) in [6.45, 7) is 8.53. The zero-order valence-electron chi connectivity index (χ0n) is 16.0. The molecular weight excluding hydrogens is 328 g/mol. The molecule has 0 fully saturated rings. The Morgan fingerprint density at radius 2 is 1.92 bits per heavy atom. The van der Waals surface area contributed by atoms with Gasteiger partial charge in [-0.1, -0.05) is 18.2 Å². The predicted octanol–water partition coefficient (Wildman–Crippen LogP) is 2.84. The van der Waals surface area contributed by atoms with Gasteiger partial charge in [0.25, 0.3) is 0 Å². The molecular formula is C20H28N4O2. The van der Waals surface area contributed by atoms with Crippen molar-refractivity contribution >= 4 is 5.96 Å². The minimum absolute atomic E-state index is 0.483. The van der Waals surface area contributed by atoms with E-state index in [1.54, 1.807) is 7.11 Å². The van der Waals surface area contributed by atoms with Crippen LogP contribution >= 0.6 is 0 Å². The summed E-state index contributed by atoms with van der Waals surface area (Å²) in [6, 6.07) is 9.77. The van der Waals surface area contributed by atoms with Crippen LogP contribution in [-0.4, -0.2) is 37.7 Å². The van der Waals surface area contributed by atoms with Gasteiger partial charge in [-0.05, 0) is 32.9 Å². The highest BCUT2D eigenvalue weighted by atomic mass is 16.5. The minimum atomic E-state index is 0.483. The number of aryl methyl sites for hydroxylation is 1. The molecule has 0 aliphatic heterocycles. The number of hydrogen-bond acceptors (Lipinski definition) is 4. The summed E-state index contributed by atoms with van der Waals surface area (Å²) in [7, 11) is 1.68. The van der Waals surface area contributed by atoms with Crippen molar-refractivity contribution in [3.05, 3.63) is 53.3 Å². The summed E-state index contributed by atoms with van der Waals surface area (Å²) in [4.78, 5) is 9.10. The molecule has 2 N–H and O–H groups in total. The van der Waals surface area contributed by atoms with Gasteiger partial charge >= 0.3 is 0 Å². The van der Waals surface area contributed by atoms with Crippen molar-refractivity contribution in [3.8, 4) is 11.5 Å². The molecule has 140 valence electrons. The van der Waals surface area contributed by atoms with Gasteiger partial charge in [0.2, 0.25) is 0 Å². The number of aromatic nitrogens is 1. The molecule has 1 heterocycles. The average Bonchev–Trinajstić information content (AvgIpc) is 2.65. The highest BCUT2D eigenvalue weighted by molar-refractivity contribution is 5.79. The fourth-order valence-corrected chi connectivity index (χ4v) is 2.58. The van der Waals surface area contributed by atoms with E-state index in [2.05, 4.69) is 20.6 Å².